The summed E-state index contributed by atoms with van der Waals surface area (Å²) in [4.78, 5) is 2.76. The van der Waals surface area contributed by atoms with Crippen molar-refractivity contribution >= 4 is 112 Å². The number of hydrogen-bond donors (Lipinski definition) is 1. The zero-order chi connectivity index (χ0) is 55.5. The van der Waals surface area contributed by atoms with Crippen LogP contribution in [-0.4, -0.2) is 91.8 Å². The summed E-state index contributed by atoms with van der Waals surface area (Å²) < 4.78 is 222. The van der Waals surface area contributed by atoms with E-state index in [1.54, 1.807) is 24.3 Å². The molecule has 0 fully saturated rings. The first-order valence-electron chi connectivity index (χ1n) is 19.6. The Hall–Kier alpha value is -3.34. The van der Waals surface area contributed by atoms with Crippen LogP contribution in [0.5, 0.6) is 0 Å². The molecule has 0 saturated heterocycles. The van der Waals surface area contributed by atoms with Gasteiger partial charge in [0.15, 0.2) is 14.7 Å². The first-order chi connectivity index (χ1) is 33.6. The van der Waals surface area contributed by atoms with Crippen molar-refractivity contribution < 1.29 is 106 Å². The fourth-order valence-corrected chi connectivity index (χ4v) is 12.0. The Labute approximate surface area is 490 Å². The van der Waals surface area contributed by atoms with Crippen molar-refractivity contribution in [1.82, 2.24) is 0 Å². The number of halogens is 15. The Morgan fingerprint density at radius 2 is 0.803 bits per heavy atom. The molecule has 76 heavy (non-hydrogen) atoms. The summed E-state index contributed by atoms with van der Waals surface area (Å²) >= 11 is 2.93. The Balaban J connectivity index is -0.000000440. The van der Waals surface area contributed by atoms with E-state index in [0.29, 0.717) is 29.0 Å². The standard InChI is InChI=1S/C18H11F4S.C12H8F2OS.C6H3BrF2.C6H3F2.C4H12O3SSi.CHF3O3S.BrH.2Mg.2H/c19-12-1-5-16(6-2-12)23(17-7-3-13(20)4-8-17)18-10-14(21)9-15(22)11-18;13-9-1-5-11(6-2-9)16(15)12-7-3-10(14)4-8-12;7-4-1-5(8)3-6(9)2-4;7-5-2-1-3-6(8)4-5;1-8(5,6)7-9(2,3)4;2-1(3,4)8(5,6)7;;;;;/h1-11H;1-8H;1-3H;2-4H;1-4H3;(H,5,6,7);1H;;;;/q+1;;;-1;;;;2*+2;2*-1/p-1. The van der Waals surface area contributed by atoms with E-state index in [0.717, 1.165) is 36.6 Å². The second kappa shape index (κ2) is 34.6. The second-order valence-electron chi connectivity index (χ2n) is 14.8. The van der Waals surface area contributed by atoms with Crippen molar-refractivity contribution in [3.8, 4) is 0 Å². The normalized spacial score (nSPS) is 10.8. The predicted molar refractivity (Wildman–Crippen MR) is 269 cm³/mol. The van der Waals surface area contributed by atoms with Crippen molar-refractivity contribution in [2.75, 3.05) is 6.26 Å². The van der Waals surface area contributed by atoms with Crippen LogP contribution in [0.3, 0.4) is 0 Å². The minimum Gasteiger partial charge on any atom is -1.00 e. The van der Waals surface area contributed by atoms with E-state index in [9.17, 15) is 69.7 Å². The average Bonchev–Trinajstić information content (AvgIpc) is 3.24. The van der Waals surface area contributed by atoms with Crippen LogP contribution in [0.2, 0.25) is 19.6 Å². The molecule has 7 rings (SSSR count). The summed E-state index contributed by atoms with van der Waals surface area (Å²) in [5, 5.41) is 0. The van der Waals surface area contributed by atoms with Gasteiger partial charge in [-0.2, -0.15) is 27.7 Å². The Bertz CT molecular complexity index is 2950. The van der Waals surface area contributed by atoms with Crippen molar-refractivity contribution in [1.29, 1.82) is 0 Å². The summed E-state index contributed by atoms with van der Waals surface area (Å²) in [6, 6.07) is 33.9. The number of benzene rings is 7. The van der Waals surface area contributed by atoms with Gasteiger partial charge in [0.2, 0.25) is 8.32 Å². The van der Waals surface area contributed by atoms with Gasteiger partial charge in [0, 0.05) is 50.2 Å². The number of rotatable bonds is 7. The molecule has 0 radical (unpaired) electrons. The molecule has 0 amide bonds. The molecular formula is C47H40Br2F13Mg2O7S4Si+. The van der Waals surface area contributed by atoms with Crippen molar-refractivity contribution in [2.45, 2.75) is 49.6 Å². The molecule has 0 aliphatic heterocycles. The van der Waals surface area contributed by atoms with Gasteiger partial charge in [-0.15, -0.1) is 18.2 Å². The molecule has 0 unspecified atom stereocenters. The third-order valence-electron chi connectivity index (χ3n) is 7.47. The Morgan fingerprint density at radius 1 is 0.526 bits per heavy atom. The van der Waals surface area contributed by atoms with E-state index in [2.05, 4.69) is 22.0 Å². The molecule has 0 atom stereocenters. The van der Waals surface area contributed by atoms with Crippen LogP contribution in [0.15, 0.2) is 181 Å². The fraction of sp³-hybridized carbons (Fsp3) is 0.106. The van der Waals surface area contributed by atoms with Gasteiger partial charge in [-0.25, -0.2) is 47.8 Å². The maximum absolute atomic E-state index is 13.6. The molecule has 0 aromatic heterocycles. The smallest absolute Gasteiger partial charge is 1.00 e. The minimum atomic E-state index is -5.84. The van der Waals surface area contributed by atoms with Gasteiger partial charge < -0.3 is 23.7 Å². The topological polar surface area (TPSA) is 115 Å². The van der Waals surface area contributed by atoms with Gasteiger partial charge in [-0.1, -0.05) is 15.9 Å². The van der Waals surface area contributed by atoms with E-state index < -0.39 is 102 Å². The predicted octanol–water partition coefficient (Wildman–Crippen LogP) is 10.6. The zero-order valence-electron chi connectivity index (χ0n) is 41.5. The van der Waals surface area contributed by atoms with Crippen LogP contribution in [0, 0.1) is 64.2 Å². The zero-order valence-corrected chi connectivity index (χ0v) is 49.8. The molecule has 0 saturated carbocycles. The van der Waals surface area contributed by atoms with Crippen molar-refractivity contribution in [2.24, 2.45) is 0 Å². The summed E-state index contributed by atoms with van der Waals surface area (Å²) in [6.07, 6.45) is 1.07. The van der Waals surface area contributed by atoms with E-state index in [1.807, 2.05) is 19.6 Å². The number of hydrogen-bond acceptors (Lipinski definition) is 6. The summed E-state index contributed by atoms with van der Waals surface area (Å²) in [5.74, 6) is -5.26. The summed E-state index contributed by atoms with van der Waals surface area (Å²) in [7, 11) is -13.2. The van der Waals surface area contributed by atoms with Crippen LogP contribution >= 0.6 is 15.9 Å². The van der Waals surface area contributed by atoms with Crippen LogP contribution in [0.25, 0.3) is 0 Å². The quantitative estimate of drug-likeness (QED) is 0.0422. The van der Waals surface area contributed by atoms with E-state index in [-0.39, 0.29) is 77.6 Å². The summed E-state index contributed by atoms with van der Waals surface area (Å²) in [6.45, 7) is 5.48. The number of alkyl halides is 3. The van der Waals surface area contributed by atoms with E-state index in [4.69, 9.17) is 16.8 Å². The third-order valence-corrected chi connectivity index (χ3v) is 15.3. The van der Waals surface area contributed by atoms with Gasteiger partial charge in [0.25, 0.3) is 10.1 Å². The molecule has 406 valence electrons. The van der Waals surface area contributed by atoms with Crippen LogP contribution in [0.4, 0.5) is 57.1 Å². The molecule has 0 spiro atoms. The Kier molecular flexibility index (Phi) is 34.0. The monoisotopic (exact) mass is 1320 g/mol. The second-order valence-corrected chi connectivity index (χ2v) is 26.9. The molecule has 7 aromatic carbocycles. The Morgan fingerprint density at radius 3 is 1.03 bits per heavy atom. The molecule has 1 N–H and O–H groups in total. The van der Waals surface area contributed by atoms with Gasteiger partial charge in [0.05, 0.1) is 28.0 Å². The van der Waals surface area contributed by atoms with E-state index >= 15 is 0 Å². The third kappa shape index (κ3) is 30.7. The molecule has 29 heteroatoms. The van der Waals surface area contributed by atoms with Crippen molar-refractivity contribution in [3.63, 3.8) is 0 Å². The maximum atomic E-state index is 13.6. The first-order valence-corrected chi connectivity index (χ1v) is 29.5. The average molecular weight is 1330 g/mol. The maximum Gasteiger partial charge on any atom is 2.00 e. The van der Waals surface area contributed by atoms with Gasteiger partial charge in [0.1, 0.15) is 46.5 Å². The fourth-order valence-electron chi connectivity index (χ4n) is 4.84. The first kappa shape index (κ1) is 74.7. The van der Waals surface area contributed by atoms with Crippen LogP contribution in [-0.2, 0) is 45.8 Å². The van der Waals surface area contributed by atoms with E-state index in [1.165, 1.54) is 97.1 Å². The van der Waals surface area contributed by atoms with Gasteiger partial charge in [-0.05, 0) is 129 Å². The van der Waals surface area contributed by atoms with Gasteiger partial charge in [-0.3, -0.25) is 13.3 Å². The molecule has 0 heterocycles. The molecule has 0 aliphatic rings. The molecule has 7 nitrogen and oxygen atoms in total. The molecular weight excluding hydrogens is 1290 g/mol. The molecule has 7 aromatic rings. The van der Waals surface area contributed by atoms with Crippen LogP contribution in [0.1, 0.15) is 2.85 Å². The largest absolute Gasteiger partial charge is 2.00 e. The van der Waals surface area contributed by atoms with Gasteiger partial charge >= 0.3 is 61.7 Å². The van der Waals surface area contributed by atoms with Crippen molar-refractivity contribution in [3.05, 3.63) is 220 Å². The molecule has 0 bridgehead atoms. The molecule has 0 aliphatic carbocycles. The van der Waals surface area contributed by atoms with Crippen LogP contribution < -0.4 is 17.0 Å². The summed E-state index contributed by atoms with van der Waals surface area (Å²) in [5.41, 5.74) is -5.53. The minimum absolute atomic E-state index is 0. The SMILES string of the molecule is C[Si](C)(C)OS(C)(=O)=O.Fc1c[c-]cc(F)c1.Fc1cc(F)cc(Br)c1.Fc1ccc([S+](c2ccc(F)cc2)c2cc(F)cc(F)c2)cc1.O=S(=O)(O)C(F)(F)F.O=S(c1ccc(F)cc1)c1ccc(F)cc1.[Br-].[H-].[H-].[Mg+2].[Mg+2].